The zero-order valence-corrected chi connectivity index (χ0v) is 18.0. The first-order valence-corrected chi connectivity index (χ1v) is 10.9. The molecule has 6 nitrogen and oxygen atoms in total. The number of aromatic nitrogens is 1. The molecule has 3 rings (SSSR count). The minimum Gasteiger partial charge on any atom is -0.455 e. The Balaban J connectivity index is 1.43. The summed E-state index contributed by atoms with van der Waals surface area (Å²) in [7, 11) is 0. The monoisotopic (exact) mass is 411 g/mol. The van der Waals surface area contributed by atoms with Crippen molar-refractivity contribution in [1.29, 1.82) is 0 Å². The van der Waals surface area contributed by atoms with Crippen molar-refractivity contribution >= 4 is 5.91 Å². The van der Waals surface area contributed by atoms with Crippen LogP contribution < -0.4 is 10.1 Å². The van der Waals surface area contributed by atoms with Crippen molar-refractivity contribution in [3.63, 3.8) is 0 Å². The molecule has 1 aromatic heterocycles. The van der Waals surface area contributed by atoms with Gasteiger partial charge in [-0.3, -0.25) is 14.7 Å². The highest BCUT2D eigenvalue weighted by atomic mass is 16.5. The molecule has 2 heterocycles. The maximum absolute atomic E-state index is 12.4. The smallest absolute Gasteiger partial charge is 0.223 e. The molecule has 0 atom stereocenters. The Morgan fingerprint density at radius 1 is 1.20 bits per heavy atom. The molecular formula is C24H33N3O3. The Morgan fingerprint density at radius 3 is 2.73 bits per heavy atom. The summed E-state index contributed by atoms with van der Waals surface area (Å²) in [5.41, 5.74) is 1.15. The molecule has 1 aliphatic rings. The first-order chi connectivity index (χ1) is 14.6. The SMILES string of the molecule is CC(C)OCCCNC(=O)C1CCN(Cc2ccccc2Oc2cccnc2)CC1. The van der Waals surface area contributed by atoms with E-state index in [1.54, 1.807) is 12.4 Å². The van der Waals surface area contributed by atoms with Gasteiger partial charge in [0.1, 0.15) is 11.5 Å². The highest BCUT2D eigenvalue weighted by molar-refractivity contribution is 5.78. The lowest BCUT2D eigenvalue weighted by Gasteiger charge is -2.31. The zero-order chi connectivity index (χ0) is 21.2. The number of carbonyl (C=O) groups is 1. The van der Waals surface area contributed by atoms with Crippen LogP contribution in [0.1, 0.15) is 38.7 Å². The van der Waals surface area contributed by atoms with E-state index in [2.05, 4.69) is 21.3 Å². The fraction of sp³-hybridized carbons (Fsp3) is 0.500. The maximum Gasteiger partial charge on any atom is 0.223 e. The van der Waals surface area contributed by atoms with E-state index in [0.717, 1.165) is 56.0 Å². The summed E-state index contributed by atoms with van der Waals surface area (Å²) in [5, 5.41) is 3.06. The molecule has 1 amide bonds. The lowest BCUT2D eigenvalue weighted by molar-refractivity contribution is -0.126. The average molecular weight is 412 g/mol. The lowest BCUT2D eigenvalue weighted by atomic mass is 9.95. The number of ether oxygens (including phenoxy) is 2. The number of likely N-dealkylation sites (tertiary alicyclic amines) is 1. The van der Waals surface area contributed by atoms with Crippen LogP contribution in [-0.2, 0) is 16.1 Å². The molecule has 162 valence electrons. The van der Waals surface area contributed by atoms with Gasteiger partial charge in [-0.2, -0.15) is 0 Å². The Bertz CT molecular complexity index is 774. The first-order valence-electron chi connectivity index (χ1n) is 10.9. The summed E-state index contributed by atoms with van der Waals surface area (Å²) in [4.78, 5) is 18.9. The molecule has 0 aliphatic carbocycles. The van der Waals surface area contributed by atoms with Gasteiger partial charge in [-0.1, -0.05) is 18.2 Å². The molecule has 1 aromatic carbocycles. The number of nitrogens with zero attached hydrogens (tertiary/aromatic N) is 2. The van der Waals surface area contributed by atoms with E-state index in [4.69, 9.17) is 9.47 Å². The van der Waals surface area contributed by atoms with Gasteiger partial charge in [0, 0.05) is 37.4 Å². The second-order valence-corrected chi connectivity index (χ2v) is 8.01. The molecule has 1 saturated heterocycles. The first kappa shape index (κ1) is 22.2. The number of pyridine rings is 1. The predicted octanol–water partition coefficient (Wildman–Crippen LogP) is 4.02. The minimum absolute atomic E-state index is 0.106. The van der Waals surface area contributed by atoms with Gasteiger partial charge in [0.25, 0.3) is 0 Å². The van der Waals surface area contributed by atoms with Crippen molar-refractivity contribution in [3.05, 3.63) is 54.4 Å². The van der Waals surface area contributed by atoms with Gasteiger partial charge in [0.2, 0.25) is 5.91 Å². The molecular weight excluding hydrogens is 378 g/mol. The number of rotatable bonds is 10. The molecule has 1 aliphatic heterocycles. The summed E-state index contributed by atoms with van der Waals surface area (Å²) in [5.74, 6) is 1.88. The van der Waals surface area contributed by atoms with Crippen molar-refractivity contribution < 1.29 is 14.3 Å². The fourth-order valence-electron chi connectivity index (χ4n) is 3.61. The van der Waals surface area contributed by atoms with E-state index < -0.39 is 0 Å². The van der Waals surface area contributed by atoms with E-state index in [0.29, 0.717) is 13.2 Å². The Hall–Kier alpha value is -2.44. The molecule has 6 heteroatoms. The molecule has 30 heavy (non-hydrogen) atoms. The highest BCUT2D eigenvalue weighted by Gasteiger charge is 2.25. The summed E-state index contributed by atoms with van der Waals surface area (Å²) >= 11 is 0. The maximum atomic E-state index is 12.4. The van der Waals surface area contributed by atoms with Crippen LogP contribution in [0.2, 0.25) is 0 Å². The largest absolute Gasteiger partial charge is 0.455 e. The predicted molar refractivity (Wildman–Crippen MR) is 117 cm³/mol. The molecule has 0 unspecified atom stereocenters. The van der Waals surface area contributed by atoms with Crippen LogP contribution in [0.5, 0.6) is 11.5 Å². The van der Waals surface area contributed by atoms with Gasteiger partial charge in [-0.15, -0.1) is 0 Å². The van der Waals surface area contributed by atoms with E-state index in [1.165, 1.54) is 0 Å². The average Bonchev–Trinajstić information content (AvgIpc) is 2.76. The van der Waals surface area contributed by atoms with E-state index in [9.17, 15) is 4.79 Å². The Labute approximate surface area is 179 Å². The standard InChI is InChI=1S/C24H33N3O3/c1-19(2)29-16-6-13-26-24(28)20-10-14-27(15-11-20)18-21-7-3-4-9-23(21)30-22-8-5-12-25-17-22/h3-5,7-9,12,17,19-20H,6,10-11,13-16,18H2,1-2H3,(H,26,28). The van der Waals surface area contributed by atoms with Crippen molar-refractivity contribution in [2.24, 2.45) is 5.92 Å². The van der Waals surface area contributed by atoms with Gasteiger partial charge < -0.3 is 14.8 Å². The van der Waals surface area contributed by atoms with Crippen LogP contribution in [0.25, 0.3) is 0 Å². The normalized spacial score (nSPS) is 15.3. The molecule has 0 bridgehead atoms. The molecule has 1 fully saturated rings. The second-order valence-electron chi connectivity index (χ2n) is 8.01. The van der Waals surface area contributed by atoms with Crippen LogP contribution in [-0.4, -0.2) is 48.1 Å². The molecule has 0 spiro atoms. The second kappa shape index (κ2) is 11.7. The van der Waals surface area contributed by atoms with Crippen molar-refractivity contribution in [3.8, 4) is 11.5 Å². The highest BCUT2D eigenvalue weighted by Crippen LogP contribution is 2.27. The van der Waals surface area contributed by atoms with Gasteiger partial charge >= 0.3 is 0 Å². The lowest BCUT2D eigenvalue weighted by Crippen LogP contribution is -2.40. The molecule has 1 N–H and O–H groups in total. The van der Waals surface area contributed by atoms with E-state index in [-0.39, 0.29) is 17.9 Å². The summed E-state index contributed by atoms with van der Waals surface area (Å²) in [6.45, 7) is 8.07. The molecule has 0 radical (unpaired) electrons. The number of benzene rings is 1. The van der Waals surface area contributed by atoms with Crippen molar-refractivity contribution in [2.75, 3.05) is 26.2 Å². The van der Waals surface area contributed by atoms with Crippen molar-refractivity contribution in [2.45, 2.75) is 45.8 Å². The number of carbonyl (C=O) groups excluding carboxylic acids is 1. The third-order valence-corrected chi connectivity index (χ3v) is 5.26. The number of amides is 1. The van der Waals surface area contributed by atoms with Crippen LogP contribution in [0, 0.1) is 5.92 Å². The van der Waals surface area contributed by atoms with Crippen LogP contribution in [0.15, 0.2) is 48.8 Å². The van der Waals surface area contributed by atoms with Gasteiger partial charge in [-0.25, -0.2) is 0 Å². The van der Waals surface area contributed by atoms with Crippen LogP contribution in [0.4, 0.5) is 0 Å². The Kier molecular flexibility index (Phi) is 8.66. The number of hydrogen-bond donors (Lipinski definition) is 1. The minimum atomic E-state index is 0.106. The number of nitrogens with one attached hydrogen (secondary N) is 1. The van der Waals surface area contributed by atoms with Crippen molar-refractivity contribution in [1.82, 2.24) is 15.2 Å². The Morgan fingerprint density at radius 2 is 2.00 bits per heavy atom. The van der Waals surface area contributed by atoms with Crippen LogP contribution in [0.3, 0.4) is 0 Å². The summed E-state index contributed by atoms with van der Waals surface area (Å²) in [6.07, 6.45) is 6.33. The molecule has 0 saturated carbocycles. The topological polar surface area (TPSA) is 63.7 Å². The fourth-order valence-corrected chi connectivity index (χ4v) is 3.61. The third-order valence-electron chi connectivity index (χ3n) is 5.26. The number of hydrogen-bond acceptors (Lipinski definition) is 5. The van der Waals surface area contributed by atoms with E-state index in [1.807, 2.05) is 44.2 Å². The van der Waals surface area contributed by atoms with Gasteiger partial charge in [0.15, 0.2) is 0 Å². The third kappa shape index (κ3) is 7.11. The summed E-state index contributed by atoms with van der Waals surface area (Å²) in [6, 6.07) is 11.9. The number of piperidine rings is 1. The number of para-hydroxylation sites is 1. The zero-order valence-electron chi connectivity index (χ0n) is 18.0. The van der Waals surface area contributed by atoms with Crippen LogP contribution >= 0.6 is 0 Å². The van der Waals surface area contributed by atoms with Gasteiger partial charge in [0.05, 0.1) is 12.3 Å². The van der Waals surface area contributed by atoms with E-state index >= 15 is 0 Å². The molecule has 2 aromatic rings. The summed E-state index contributed by atoms with van der Waals surface area (Å²) < 4.78 is 11.5. The van der Waals surface area contributed by atoms with Gasteiger partial charge in [-0.05, 0) is 64.4 Å². The quantitative estimate of drug-likeness (QED) is 0.599.